The van der Waals surface area contributed by atoms with Crippen molar-refractivity contribution in [3.8, 4) is 0 Å². The van der Waals surface area contributed by atoms with Gasteiger partial charge in [-0.05, 0) is 32.9 Å². The lowest BCUT2D eigenvalue weighted by Gasteiger charge is -2.19. The smallest absolute Gasteiger partial charge is 0.246 e. The molecule has 0 aromatic heterocycles. The summed E-state index contributed by atoms with van der Waals surface area (Å²) in [5.74, 6) is -1.88. The molecule has 0 saturated heterocycles. The normalized spacial score (nSPS) is 12.9. The van der Waals surface area contributed by atoms with Gasteiger partial charge in [0.15, 0.2) is 0 Å². The van der Waals surface area contributed by atoms with Crippen LogP contribution in [0.3, 0.4) is 0 Å². The van der Waals surface area contributed by atoms with Crippen molar-refractivity contribution < 1.29 is 8.78 Å². The fourth-order valence-electron chi connectivity index (χ4n) is 0.978. The zero-order valence-corrected chi connectivity index (χ0v) is 9.11. The van der Waals surface area contributed by atoms with Crippen molar-refractivity contribution in [2.45, 2.75) is 39.5 Å². The van der Waals surface area contributed by atoms with Crippen LogP contribution in [0, 0.1) is 5.92 Å². The van der Waals surface area contributed by atoms with Crippen LogP contribution in [0.2, 0.25) is 0 Å². The van der Waals surface area contributed by atoms with E-state index in [1.165, 1.54) is 0 Å². The molecule has 0 bridgehead atoms. The van der Waals surface area contributed by atoms with E-state index in [-0.39, 0.29) is 6.42 Å². The van der Waals surface area contributed by atoms with Crippen LogP contribution in [0.5, 0.6) is 0 Å². The molecular formula is C10H21F2N. The summed E-state index contributed by atoms with van der Waals surface area (Å²) in [4.78, 5) is 1.97. The number of nitrogens with zero attached hydrogens (tertiary/aromatic N) is 1. The highest BCUT2D eigenvalue weighted by Crippen LogP contribution is 2.16. The molecule has 0 rings (SSSR count). The predicted octanol–water partition coefficient (Wildman–Crippen LogP) is 3.01. The molecule has 0 saturated carbocycles. The van der Waals surface area contributed by atoms with E-state index in [1.807, 2.05) is 11.9 Å². The number of hydrogen-bond donors (Lipinski definition) is 0. The molecular weight excluding hydrogens is 172 g/mol. The van der Waals surface area contributed by atoms with Crippen molar-refractivity contribution >= 4 is 0 Å². The highest BCUT2D eigenvalue weighted by Gasteiger charge is 2.20. The fourth-order valence-corrected chi connectivity index (χ4v) is 0.978. The van der Waals surface area contributed by atoms with Crippen LogP contribution < -0.4 is 0 Å². The van der Waals surface area contributed by atoms with Crippen LogP contribution in [0.15, 0.2) is 0 Å². The van der Waals surface area contributed by atoms with Gasteiger partial charge in [0.05, 0.1) is 0 Å². The number of alkyl halides is 2. The second kappa shape index (κ2) is 5.53. The minimum absolute atomic E-state index is 0.0401. The Morgan fingerprint density at radius 1 is 1.23 bits per heavy atom. The molecule has 80 valence electrons. The average Bonchev–Trinajstić information content (AvgIpc) is 1.95. The van der Waals surface area contributed by atoms with Crippen molar-refractivity contribution in [3.05, 3.63) is 0 Å². The molecule has 0 aromatic carbocycles. The zero-order valence-electron chi connectivity index (χ0n) is 9.11. The SMILES string of the molecule is CC(C)CCN(C)CCC(C)(F)F. The maximum atomic E-state index is 12.5. The van der Waals surface area contributed by atoms with Crippen LogP contribution in [0.1, 0.15) is 33.6 Å². The molecule has 0 amide bonds. The molecule has 0 aliphatic carbocycles. The number of rotatable bonds is 6. The van der Waals surface area contributed by atoms with E-state index < -0.39 is 5.92 Å². The third kappa shape index (κ3) is 9.74. The van der Waals surface area contributed by atoms with Gasteiger partial charge in [0, 0.05) is 13.0 Å². The monoisotopic (exact) mass is 193 g/mol. The fraction of sp³-hybridized carbons (Fsp3) is 1.00. The molecule has 0 heterocycles. The van der Waals surface area contributed by atoms with E-state index in [0.717, 1.165) is 19.9 Å². The number of halogens is 2. The Morgan fingerprint density at radius 2 is 1.77 bits per heavy atom. The van der Waals surface area contributed by atoms with E-state index in [2.05, 4.69) is 13.8 Å². The Kier molecular flexibility index (Phi) is 5.45. The van der Waals surface area contributed by atoms with Crippen LogP contribution in [-0.2, 0) is 0 Å². The van der Waals surface area contributed by atoms with Crippen molar-refractivity contribution in [2.24, 2.45) is 5.92 Å². The van der Waals surface area contributed by atoms with Crippen molar-refractivity contribution in [1.29, 1.82) is 0 Å². The van der Waals surface area contributed by atoms with Crippen molar-refractivity contribution in [3.63, 3.8) is 0 Å². The first-order chi connectivity index (χ1) is 5.81. The van der Waals surface area contributed by atoms with Gasteiger partial charge in [-0.1, -0.05) is 13.8 Å². The van der Waals surface area contributed by atoms with Gasteiger partial charge in [0.1, 0.15) is 0 Å². The molecule has 13 heavy (non-hydrogen) atoms. The highest BCUT2D eigenvalue weighted by molar-refractivity contribution is 4.62. The second-order valence-electron chi connectivity index (χ2n) is 4.31. The van der Waals surface area contributed by atoms with E-state index in [4.69, 9.17) is 0 Å². The third-order valence-corrected chi connectivity index (χ3v) is 2.02. The Morgan fingerprint density at radius 3 is 2.15 bits per heavy atom. The molecule has 1 nitrogen and oxygen atoms in total. The Bertz CT molecular complexity index is 129. The highest BCUT2D eigenvalue weighted by atomic mass is 19.3. The quantitative estimate of drug-likeness (QED) is 0.626. The molecule has 0 N–H and O–H groups in total. The minimum Gasteiger partial charge on any atom is -0.306 e. The lowest BCUT2D eigenvalue weighted by molar-refractivity contribution is 0.00502. The summed E-state index contributed by atoms with van der Waals surface area (Å²) in [5, 5.41) is 0. The first-order valence-corrected chi connectivity index (χ1v) is 4.87. The minimum atomic E-state index is -2.52. The average molecular weight is 193 g/mol. The lowest BCUT2D eigenvalue weighted by atomic mass is 10.1. The second-order valence-corrected chi connectivity index (χ2v) is 4.31. The maximum Gasteiger partial charge on any atom is 0.246 e. The zero-order chi connectivity index (χ0) is 10.5. The van der Waals surface area contributed by atoms with E-state index in [9.17, 15) is 8.78 Å². The topological polar surface area (TPSA) is 3.24 Å². The summed E-state index contributed by atoms with van der Waals surface area (Å²) in [5.41, 5.74) is 0. The van der Waals surface area contributed by atoms with Crippen LogP contribution in [0.4, 0.5) is 8.78 Å². The molecule has 3 heteroatoms. The van der Waals surface area contributed by atoms with Gasteiger partial charge < -0.3 is 4.90 Å². The first kappa shape index (κ1) is 12.8. The van der Waals surface area contributed by atoms with Gasteiger partial charge in [-0.3, -0.25) is 0 Å². The molecule has 0 fully saturated rings. The largest absolute Gasteiger partial charge is 0.306 e. The summed E-state index contributed by atoms with van der Waals surface area (Å²) in [6, 6.07) is 0. The maximum absolute atomic E-state index is 12.5. The van der Waals surface area contributed by atoms with Gasteiger partial charge >= 0.3 is 0 Å². The molecule has 0 spiro atoms. The summed E-state index contributed by atoms with van der Waals surface area (Å²) in [6.45, 7) is 6.65. The molecule has 0 radical (unpaired) electrons. The van der Waals surface area contributed by atoms with Crippen LogP contribution >= 0.6 is 0 Å². The summed E-state index contributed by atoms with van der Waals surface area (Å²) >= 11 is 0. The van der Waals surface area contributed by atoms with Crippen molar-refractivity contribution in [2.75, 3.05) is 20.1 Å². The summed E-state index contributed by atoms with van der Waals surface area (Å²) in [7, 11) is 1.90. The van der Waals surface area contributed by atoms with Gasteiger partial charge in [0.2, 0.25) is 5.92 Å². The lowest BCUT2D eigenvalue weighted by Crippen LogP contribution is -2.26. The van der Waals surface area contributed by atoms with Gasteiger partial charge in [-0.15, -0.1) is 0 Å². The first-order valence-electron chi connectivity index (χ1n) is 4.87. The van der Waals surface area contributed by atoms with Crippen LogP contribution in [-0.4, -0.2) is 31.0 Å². The Balaban J connectivity index is 3.46. The van der Waals surface area contributed by atoms with E-state index >= 15 is 0 Å². The van der Waals surface area contributed by atoms with E-state index in [1.54, 1.807) is 0 Å². The Hall–Kier alpha value is -0.180. The number of hydrogen-bond acceptors (Lipinski definition) is 1. The summed E-state index contributed by atoms with van der Waals surface area (Å²) < 4.78 is 24.9. The summed E-state index contributed by atoms with van der Waals surface area (Å²) in [6.07, 6.45) is 1.04. The molecule has 0 aliphatic heterocycles. The van der Waals surface area contributed by atoms with Crippen molar-refractivity contribution in [1.82, 2.24) is 4.90 Å². The molecule has 0 unspecified atom stereocenters. The van der Waals surface area contributed by atoms with Gasteiger partial charge in [-0.2, -0.15) is 0 Å². The van der Waals surface area contributed by atoms with E-state index in [0.29, 0.717) is 12.5 Å². The molecule has 0 atom stereocenters. The predicted molar refractivity (Wildman–Crippen MR) is 52.2 cm³/mol. The molecule has 0 aromatic rings. The van der Waals surface area contributed by atoms with Crippen LogP contribution in [0.25, 0.3) is 0 Å². The van der Waals surface area contributed by atoms with Gasteiger partial charge in [0.25, 0.3) is 0 Å². The molecule has 0 aliphatic rings. The standard InChI is InChI=1S/C10H21F2N/c1-9(2)5-7-13(4)8-6-10(3,11)12/h9H,5-8H2,1-4H3. The van der Waals surface area contributed by atoms with Gasteiger partial charge in [-0.25, -0.2) is 8.78 Å². The Labute approximate surface area is 80.1 Å². The third-order valence-electron chi connectivity index (χ3n) is 2.02.